The van der Waals surface area contributed by atoms with Gasteiger partial charge in [0.25, 0.3) is 0 Å². The number of nitrogens with one attached hydrogen (secondary N) is 2. The van der Waals surface area contributed by atoms with Gasteiger partial charge in [0.15, 0.2) is 0 Å². The molecule has 0 bridgehead atoms. The van der Waals surface area contributed by atoms with E-state index in [1.165, 1.54) is 5.56 Å². The van der Waals surface area contributed by atoms with Crippen LogP contribution in [0.4, 0.5) is 0 Å². The maximum atomic E-state index is 11.3. The number of aromatic nitrogens is 1. The number of carbonyl (C=O) groups is 1. The monoisotopic (exact) mass is 339 g/mol. The average Bonchev–Trinajstić information content (AvgIpc) is 3.11. The number of amides is 1. The fourth-order valence-electron chi connectivity index (χ4n) is 3.22. The molecule has 0 saturated carbocycles. The number of ether oxygens (including phenoxy) is 2. The molecule has 0 spiro atoms. The third kappa shape index (κ3) is 3.94. The molecule has 1 aromatic rings. The second-order valence-corrected chi connectivity index (χ2v) is 6.35. The van der Waals surface area contributed by atoms with Crippen molar-refractivity contribution in [1.82, 2.24) is 15.6 Å². The first-order chi connectivity index (χ1) is 11.2. The van der Waals surface area contributed by atoms with Gasteiger partial charge in [-0.15, -0.1) is 0 Å². The third-order valence-electron chi connectivity index (χ3n) is 4.35. The number of carbonyl (C=O) groups excluding carboxylic acids is 1. The number of hydrogen-bond donors (Lipinski definition) is 2. The van der Waals surface area contributed by atoms with Crippen molar-refractivity contribution < 1.29 is 14.3 Å². The lowest BCUT2D eigenvalue weighted by Crippen LogP contribution is -2.37. The van der Waals surface area contributed by atoms with Crippen molar-refractivity contribution in [2.45, 2.75) is 37.8 Å². The van der Waals surface area contributed by atoms with E-state index >= 15 is 0 Å². The molecule has 2 N–H and O–H groups in total. The first-order valence-electron chi connectivity index (χ1n) is 8.01. The Bertz CT molecular complexity index is 582. The number of nitrogens with zero attached hydrogens (tertiary/aromatic N) is 1. The van der Waals surface area contributed by atoms with Crippen LogP contribution in [0.3, 0.4) is 0 Å². The smallest absolute Gasteiger partial charge is 0.220 e. The quantitative estimate of drug-likeness (QED) is 0.583. The molecule has 3 rings (SSSR count). The maximum absolute atomic E-state index is 11.3. The van der Waals surface area contributed by atoms with Crippen molar-refractivity contribution >= 4 is 17.5 Å². The van der Waals surface area contributed by atoms with Crippen LogP contribution in [0.25, 0.3) is 0 Å². The van der Waals surface area contributed by atoms with Gasteiger partial charge >= 0.3 is 0 Å². The molecule has 1 saturated heterocycles. The molecule has 0 aromatic carbocycles. The number of hydrogen-bond acceptors (Lipinski definition) is 5. The van der Waals surface area contributed by atoms with E-state index in [0.29, 0.717) is 30.7 Å². The zero-order valence-corrected chi connectivity index (χ0v) is 14.0. The first-order valence-corrected chi connectivity index (χ1v) is 8.39. The van der Waals surface area contributed by atoms with Crippen molar-refractivity contribution in [2.75, 3.05) is 26.9 Å². The SMILES string of the molecule is COCCOc1nc(Cl)cc2c1C(NC[C@@H]1CCC(=O)N1)CC2. The predicted molar refractivity (Wildman–Crippen MR) is 86.8 cm³/mol. The number of fused-ring (bicyclic) bond motifs is 1. The number of methoxy groups -OCH3 is 1. The van der Waals surface area contributed by atoms with Crippen LogP contribution < -0.4 is 15.4 Å². The van der Waals surface area contributed by atoms with Gasteiger partial charge < -0.3 is 20.1 Å². The van der Waals surface area contributed by atoms with E-state index in [2.05, 4.69) is 15.6 Å². The van der Waals surface area contributed by atoms with Crippen LogP contribution in [0.2, 0.25) is 5.15 Å². The largest absolute Gasteiger partial charge is 0.475 e. The minimum absolute atomic E-state index is 0.139. The Labute approximate surface area is 140 Å². The van der Waals surface area contributed by atoms with Crippen molar-refractivity contribution in [3.8, 4) is 5.88 Å². The third-order valence-corrected chi connectivity index (χ3v) is 4.54. The maximum Gasteiger partial charge on any atom is 0.220 e. The van der Waals surface area contributed by atoms with Crippen molar-refractivity contribution in [3.05, 3.63) is 22.3 Å². The van der Waals surface area contributed by atoms with Crippen LogP contribution >= 0.6 is 11.6 Å². The van der Waals surface area contributed by atoms with Crippen molar-refractivity contribution in [2.24, 2.45) is 0 Å². The van der Waals surface area contributed by atoms with E-state index in [1.807, 2.05) is 6.07 Å². The predicted octanol–water partition coefficient (Wildman–Crippen LogP) is 1.62. The highest BCUT2D eigenvalue weighted by atomic mass is 35.5. The standard InChI is InChI=1S/C16H22ClN3O3/c1-22-6-7-23-16-15-10(8-13(17)20-16)2-4-12(15)18-9-11-3-5-14(21)19-11/h8,11-12,18H,2-7,9H2,1H3,(H,19,21)/t11-,12?/m0/s1. The number of rotatable bonds is 7. The minimum Gasteiger partial charge on any atom is -0.475 e. The Morgan fingerprint density at radius 3 is 3.00 bits per heavy atom. The van der Waals surface area contributed by atoms with Gasteiger partial charge in [0.1, 0.15) is 11.8 Å². The van der Waals surface area contributed by atoms with Crippen molar-refractivity contribution in [1.29, 1.82) is 0 Å². The molecule has 7 heteroatoms. The van der Waals surface area contributed by atoms with Gasteiger partial charge in [0, 0.05) is 37.7 Å². The molecule has 1 amide bonds. The summed E-state index contributed by atoms with van der Waals surface area (Å²) in [5, 5.41) is 6.98. The fraction of sp³-hybridized carbons (Fsp3) is 0.625. The molecule has 2 atom stereocenters. The summed E-state index contributed by atoms with van der Waals surface area (Å²) in [6.07, 6.45) is 3.45. The van der Waals surface area contributed by atoms with E-state index in [-0.39, 0.29) is 18.0 Å². The highest BCUT2D eigenvalue weighted by Crippen LogP contribution is 2.38. The van der Waals surface area contributed by atoms with Crippen LogP contribution in [-0.4, -0.2) is 43.8 Å². The second-order valence-electron chi connectivity index (χ2n) is 5.97. The molecule has 2 aliphatic rings. The molecule has 1 fully saturated rings. The summed E-state index contributed by atoms with van der Waals surface area (Å²) in [5.74, 6) is 0.732. The molecule has 1 aliphatic heterocycles. The molecule has 23 heavy (non-hydrogen) atoms. The molecule has 2 heterocycles. The van der Waals surface area contributed by atoms with Crippen molar-refractivity contribution in [3.63, 3.8) is 0 Å². The molecule has 1 aromatic heterocycles. The minimum atomic E-state index is 0.139. The Morgan fingerprint density at radius 1 is 1.39 bits per heavy atom. The molecule has 126 valence electrons. The highest BCUT2D eigenvalue weighted by molar-refractivity contribution is 6.29. The van der Waals surface area contributed by atoms with Crippen LogP contribution in [-0.2, 0) is 16.0 Å². The first kappa shape index (κ1) is 16.5. The van der Waals surface area contributed by atoms with Crippen LogP contribution in [0, 0.1) is 0 Å². The van der Waals surface area contributed by atoms with E-state index in [4.69, 9.17) is 21.1 Å². The molecule has 0 radical (unpaired) electrons. The lowest BCUT2D eigenvalue weighted by Gasteiger charge is -2.19. The van der Waals surface area contributed by atoms with Crippen LogP contribution in [0.15, 0.2) is 6.07 Å². The zero-order valence-electron chi connectivity index (χ0n) is 13.2. The van der Waals surface area contributed by atoms with E-state index < -0.39 is 0 Å². The lowest BCUT2D eigenvalue weighted by molar-refractivity contribution is -0.119. The summed E-state index contributed by atoms with van der Waals surface area (Å²) in [4.78, 5) is 15.6. The van der Waals surface area contributed by atoms with Crippen LogP contribution in [0.5, 0.6) is 5.88 Å². The molecule has 6 nitrogen and oxygen atoms in total. The summed E-state index contributed by atoms with van der Waals surface area (Å²) in [5.41, 5.74) is 2.28. The van der Waals surface area contributed by atoms with E-state index in [1.54, 1.807) is 7.11 Å². The van der Waals surface area contributed by atoms with Gasteiger partial charge in [-0.3, -0.25) is 4.79 Å². The summed E-state index contributed by atoms with van der Waals surface area (Å²) in [7, 11) is 1.64. The Kier molecular flexibility index (Phi) is 5.35. The summed E-state index contributed by atoms with van der Waals surface area (Å²) >= 11 is 6.10. The summed E-state index contributed by atoms with van der Waals surface area (Å²) in [6, 6.07) is 2.31. The normalized spacial score (nSPS) is 23.0. The average molecular weight is 340 g/mol. The van der Waals surface area contributed by atoms with Crippen LogP contribution in [0.1, 0.15) is 36.4 Å². The lowest BCUT2D eigenvalue weighted by atomic mass is 10.1. The zero-order chi connectivity index (χ0) is 16.2. The second kappa shape index (κ2) is 7.47. The summed E-state index contributed by atoms with van der Waals surface area (Å²) < 4.78 is 10.8. The van der Waals surface area contributed by atoms with Gasteiger partial charge in [-0.1, -0.05) is 11.6 Å². The van der Waals surface area contributed by atoms with E-state index in [9.17, 15) is 4.79 Å². The van der Waals surface area contributed by atoms with Gasteiger partial charge in [-0.2, -0.15) is 0 Å². The Balaban J connectivity index is 1.68. The number of pyridine rings is 1. The Hall–Kier alpha value is -1.37. The number of halogens is 1. The van der Waals surface area contributed by atoms with Gasteiger partial charge in [-0.05, 0) is 30.9 Å². The van der Waals surface area contributed by atoms with Gasteiger partial charge in [-0.25, -0.2) is 4.98 Å². The highest BCUT2D eigenvalue weighted by Gasteiger charge is 2.29. The van der Waals surface area contributed by atoms with Gasteiger partial charge in [0.2, 0.25) is 11.8 Å². The summed E-state index contributed by atoms with van der Waals surface area (Å²) in [6.45, 7) is 1.72. The number of aryl methyl sites for hydroxylation is 1. The Morgan fingerprint density at radius 2 is 2.26 bits per heavy atom. The molecule has 1 aliphatic carbocycles. The van der Waals surface area contributed by atoms with Gasteiger partial charge in [0.05, 0.1) is 6.61 Å². The molecular formula is C16H22ClN3O3. The topological polar surface area (TPSA) is 72.5 Å². The molecule has 1 unspecified atom stereocenters. The fourth-order valence-corrected chi connectivity index (χ4v) is 3.43. The van der Waals surface area contributed by atoms with E-state index in [0.717, 1.165) is 31.4 Å². The molecular weight excluding hydrogens is 318 g/mol.